The third-order valence-corrected chi connectivity index (χ3v) is 1.16. The van der Waals surface area contributed by atoms with Gasteiger partial charge in [0.2, 0.25) is 0 Å². The molecule has 2 amide bonds. The van der Waals surface area contributed by atoms with E-state index >= 15 is 0 Å². The lowest BCUT2D eigenvalue weighted by molar-refractivity contribution is -0.402. The first-order valence-corrected chi connectivity index (χ1v) is 3.42. The van der Waals surface area contributed by atoms with E-state index in [0.717, 1.165) is 6.21 Å². The van der Waals surface area contributed by atoms with E-state index in [1.807, 2.05) is 5.43 Å². The second-order valence-corrected chi connectivity index (χ2v) is 2.17. The van der Waals surface area contributed by atoms with Gasteiger partial charge < -0.3 is 10.2 Å². The Kier molecular flexibility index (Phi) is 2.79. The Morgan fingerprint density at radius 1 is 1.71 bits per heavy atom. The van der Waals surface area contributed by atoms with Crippen molar-refractivity contribution < 1.29 is 14.1 Å². The number of nitrogens with one attached hydrogen (secondary N) is 1. The molecule has 0 aliphatic heterocycles. The summed E-state index contributed by atoms with van der Waals surface area (Å²) in [6.07, 6.45) is 1.10. The Morgan fingerprint density at radius 2 is 2.43 bits per heavy atom. The molecule has 0 unspecified atom stereocenters. The van der Waals surface area contributed by atoms with Gasteiger partial charge in [0.25, 0.3) is 0 Å². The number of hydrazone groups is 1. The van der Waals surface area contributed by atoms with Crippen molar-refractivity contribution in [2.75, 3.05) is 0 Å². The maximum absolute atomic E-state index is 10.2. The number of furan rings is 1. The number of amides is 2. The van der Waals surface area contributed by atoms with E-state index in [2.05, 4.69) is 9.52 Å². The monoisotopic (exact) mass is 202 g/mol. The largest absolute Gasteiger partial charge is 0.433 e. The fourth-order valence-corrected chi connectivity index (χ4v) is 0.669. The highest BCUT2D eigenvalue weighted by atomic mass is 16.6. The minimum absolute atomic E-state index is 0.144. The number of carbonyl (C=O) groups is 1. The van der Waals surface area contributed by atoms with E-state index in [4.69, 9.17) is 5.73 Å². The Morgan fingerprint density at radius 3 is 2.93 bits per heavy atom. The smallest absolute Gasteiger partial charge is 0.400 e. The van der Waals surface area contributed by atoms with Crippen LogP contribution >= 0.6 is 0 Å². The lowest BCUT2D eigenvalue weighted by Crippen LogP contribution is -2.24. The molecule has 0 fully saturated rings. The van der Waals surface area contributed by atoms with Gasteiger partial charge in [0.05, 0.1) is 12.3 Å². The maximum Gasteiger partial charge on any atom is 0.433 e. The zero-order valence-electron chi connectivity index (χ0n) is 6.84. The van der Waals surface area contributed by atoms with Crippen molar-refractivity contribution in [3.63, 3.8) is 0 Å². The Bertz CT molecular complexity index is 383. The Labute approximate surface area is 77.5 Å². The maximum atomic E-state index is 10.2. The standard InChI is InChI=1S/C6H6N4O4/c7-6(11)9-8-3-4-1-2-5(14-4)10(12)13/h1-3H,(H3,7,9,11)/b8-3+/i6+1,7+1,8+1,9+1. The van der Waals surface area contributed by atoms with E-state index in [-0.39, 0.29) is 5.76 Å². The Hall–Kier alpha value is -2.38. The second-order valence-electron chi connectivity index (χ2n) is 2.17. The Balaban J connectivity index is 2.64. The molecule has 0 radical (unpaired) electrons. The lowest BCUT2D eigenvalue weighted by Gasteiger charge is -1.88. The molecule has 1 aromatic heterocycles. The summed E-state index contributed by atoms with van der Waals surface area (Å²) < 4.78 is 4.69. The quantitative estimate of drug-likeness (QED) is 0.238. The zero-order valence-corrected chi connectivity index (χ0v) is 6.84. The fourth-order valence-electron chi connectivity index (χ4n) is 0.669. The number of nitrogens with zero attached hydrogens (tertiary/aromatic N) is 2. The molecule has 8 heteroatoms. The van der Waals surface area contributed by atoms with Gasteiger partial charge >= 0.3 is 11.9 Å². The van der Waals surface area contributed by atoms with Crippen LogP contribution in [0.5, 0.6) is 0 Å². The van der Waals surface area contributed by atoms with Crippen LogP contribution in [0.15, 0.2) is 21.7 Å². The number of nitrogens with two attached hydrogens (primary N) is 1. The molecule has 1 rings (SSSR count). The fraction of sp³-hybridized carbons (Fsp3) is 0. The summed E-state index contributed by atoms with van der Waals surface area (Å²) in [5.74, 6) is -0.254. The molecule has 1 aromatic rings. The number of primary amides is 1. The van der Waals surface area contributed by atoms with Crippen molar-refractivity contribution in [2.45, 2.75) is 0 Å². The van der Waals surface area contributed by atoms with E-state index in [9.17, 15) is 14.9 Å². The minimum Gasteiger partial charge on any atom is -0.400 e. The van der Waals surface area contributed by atoms with Gasteiger partial charge in [0, 0.05) is 0 Å². The van der Waals surface area contributed by atoms with Gasteiger partial charge in [0.15, 0.2) is 5.76 Å². The van der Waals surface area contributed by atoms with Gasteiger partial charge in [0.1, 0.15) is 4.92 Å². The van der Waals surface area contributed by atoms with Crippen LogP contribution in [-0.2, 0) is 0 Å². The molecule has 0 saturated heterocycles. The zero-order chi connectivity index (χ0) is 10.6. The van der Waals surface area contributed by atoms with Crippen molar-refractivity contribution >= 4 is 18.1 Å². The second kappa shape index (κ2) is 4.03. The normalized spacial score (nSPS) is 10.3. The molecule has 0 saturated carbocycles. The third-order valence-electron chi connectivity index (χ3n) is 1.16. The predicted molar refractivity (Wildman–Crippen MR) is 45.7 cm³/mol. The highest BCUT2D eigenvalue weighted by Crippen LogP contribution is 2.13. The van der Waals surface area contributed by atoms with Gasteiger partial charge in [-0.1, -0.05) is 0 Å². The molecule has 0 atom stereocenters. The molecule has 0 spiro atoms. The number of urea groups is 1. The first-order chi connectivity index (χ1) is 6.59. The van der Waals surface area contributed by atoms with E-state index in [0.29, 0.717) is 0 Å². The third kappa shape index (κ3) is 2.59. The average molecular weight is 202 g/mol. The summed E-state index contributed by atoms with van der Waals surface area (Å²) in [4.78, 5) is 19.7. The van der Waals surface area contributed by atoms with E-state index in [1.165, 1.54) is 12.1 Å². The first-order valence-electron chi connectivity index (χ1n) is 3.42. The molecule has 0 bridgehead atoms. The number of carbonyl (C=O) groups excluding carboxylic acids is 1. The molecule has 0 aliphatic rings. The first kappa shape index (κ1) is 9.71. The molecule has 8 nitrogen and oxygen atoms in total. The van der Waals surface area contributed by atoms with E-state index in [1.54, 1.807) is 0 Å². The summed E-state index contributed by atoms with van der Waals surface area (Å²) in [7, 11) is 0. The molecule has 74 valence electrons. The highest BCUT2D eigenvalue weighted by Gasteiger charge is 2.09. The van der Waals surface area contributed by atoms with Gasteiger partial charge in [-0.2, -0.15) is 5.10 Å². The molecular formula is C6H6N4O4. The molecule has 0 aliphatic carbocycles. The van der Waals surface area contributed by atoms with Crippen molar-refractivity contribution in [3.8, 4) is 0 Å². The van der Waals surface area contributed by atoms with Crippen LogP contribution in [0.4, 0.5) is 10.7 Å². The lowest BCUT2D eigenvalue weighted by atomic mass is 10.5. The van der Waals surface area contributed by atoms with Crippen LogP contribution in [0.25, 0.3) is 0 Å². The number of rotatable bonds is 3. The summed E-state index contributed by atoms with van der Waals surface area (Å²) in [5, 5.41) is 13.5. The van der Waals surface area contributed by atoms with Crippen LogP contribution in [0.1, 0.15) is 5.76 Å². The summed E-state index contributed by atoms with van der Waals surface area (Å²) in [5.41, 5.74) is 6.62. The molecule has 0 aromatic carbocycles. The molecular weight excluding hydrogens is 196 g/mol. The van der Waals surface area contributed by atoms with Gasteiger partial charge in [-0.3, -0.25) is 10.1 Å². The van der Waals surface area contributed by atoms with Crippen molar-refractivity contribution in [2.24, 2.45) is 10.8 Å². The summed E-state index contributed by atoms with van der Waals surface area (Å²) in [6.45, 7) is 0. The van der Waals surface area contributed by atoms with Gasteiger partial charge in [-0.25, -0.2) is 10.2 Å². The molecule has 3 N–H and O–H groups in total. The predicted octanol–water partition coefficient (Wildman–Crippen LogP) is 0.190. The molecule has 1 heterocycles. The number of hydrogen-bond acceptors (Lipinski definition) is 5. The van der Waals surface area contributed by atoms with Crippen molar-refractivity contribution in [1.82, 2.24) is 5.43 Å². The summed E-state index contributed by atoms with van der Waals surface area (Å²) >= 11 is 0. The summed E-state index contributed by atoms with van der Waals surface area (Å²) in [6, 6.07) is 1.68. The highest BCUT2D eigenvalue weighted by molar-refractivity contribution is 5.78. The van der Waals surface area contributed by atoms with Crippen molar-refractivity contribution in [3.05, 3.63) is 28.0 Å². The SMILES string of the molecule is [15NH2][13C](=O)[15NH]/[15N]=C/c1ccc([N+](=O)[O-])o1. The number of nitro groups is 1. The number of hydrogen-bond donors (Lipinski definition) is 2. The van der Waals surface area contributed by atoms with Crippen LogP contribution in [0.3, 0.4) is 0 Å². The topological polar surface area (TPSA) is 124 Å². The average Bonchev–Trinajstić information content (AvgIpc) is 2.52. The minimum atomic E-state index is -0.831. The van der Waals surface area contributed by atoms with Crippen LogP contribution < -0.4 is 11.2 Å². The van der Waals surface area contributed by atoms with Crippen LogP contribution in [-0.4, -0.2) is 17.2 Å². The van der Waals surface area contributed by atoms with E-state index < -0.39 is 16.8 Å². The molecule has 14 heavy (non-hydrogen) atoms. The van der Waals surface area contributed by atoms with Crippen LogP contribution in [0, 0.1) is 10.1 Å². The van der Waals surface area contributed by atoms with Crippen molar-refractivity contribution in [1.29, 1.82) is 0 Å². The van der Waals surface area contributed by atoms with Crippen LogP contribution in [0.2, 0.25) is 0 Å². The van der Waals surface area contributed by atoms with Gasteiger partial charge in [-0.05, 0) is 6.07 Å². The van der Waals surface area contributed by atoms with Gasteiger partial charge in [-0.15, -0.1) is 0 Å².